The fourth-order valence-electron chi connectivity index (χ4n) is 3.73. The van der Waals surface area contributed by atoms with Crippen molar-refractivity contribution in [3.63, 3.8) is 0 Å². The van der Waals surface area contributed by atoms with Gasteiger partial charge in [0.2, 0.25) is 0 Å². The number of hydrogen-bond acceptors (Lipinski definition) is 4. The first-order chi connectivity index (χ1) is 12.9. The van der Waals surface area contributed by atoms with E-state index < -0.39 is 5.72 Å². The molecular formula is C20H19ClN2O3S. The topological polar surface area (TPSA) is 50.8 Å². The zero-order valence-electron chi connectivity index (χ0n) is 15.0. The maximum Gasteiger partial charge on any atom is 0.338 e. The monoisotopic (exact) mass is 402 g/mol. The molecule has 1 N–H and O–H groups in total. The quantitative estimate of drug-likeness (QED) is 0.604. The van der Waals surface area contributed by atoms with Crippen molar-refractivity contribution in [1.29, 1.82) is 0 Å². The van der Waals surface area contributed by atoms with E-state index in [1.54, 1.807) is 19.1 Å². The van der Waals surface area contributed by atoms with Crippen LogP contribution in [0.15, 0.2) is 42.5 Å². The van der Waals surface area contributed by atoms with Gasteiger partial charge in [0, 0.05) is 17.7 Å². The van der Waals surface area contributed by atoms with E-state index in [0.717, 1.165) is 11.3 Å². The Labute approximate surface area is 168 Å². The van der Waals surface area contributed by atoms with Gasteiger partial charge in [-0.1, -0.05) is 29.8 Å². The highest BCUT2D eigenvalue weighted by Gasteiger charge is 2.48. The molecule has 2 aromatic rings. The number of esters is 1. The maximum atomic E-state index is 12.1. The molecule has 0 saturated carbocycles. The Morgan fingerprint density at radius 2 is 2.19 bits per heavy atom. The molecule has 2 atom stereocenters. The van der Waals surface area contributed by atoms with Crippen molar-refractivity contribution in [3.05, 3.63) is 58.6 Å². The Morgan fingerprint density at radius 3 is 2.96 bits per heavy atom. The molecule has 0 unspecified atom stereocenters. The summed E-state index contributed by atoms with van der Waals surface area (Å²) < 4.78 is 11.5. The zero-order chi connectivity index (χ0) is 19.2. The van der Waals surface area contributed by atoms with Crippen molar-refractivity contribution in [2.75, 3.05) is 11.5 Å². The van der Waals surface area contributed by atoms with E-state index in [0.29, 0.717) is 34.5 Å². The number of anilines is 1. The number of thiocarbonyl (C=S) groups is 1. The van der Waals surface area contributed by atoms with Crippen molar-refractivity contribution >= 4 is 40.6 Å². The molecule has 2 heterocycles. The summed E-state index contributed by atoms with van der Waals surface area (Å²) in [5.41, 5.74) is 1.51. The lowest BCUT2D eigenvalue weighted by Crippen LogP contribution is -2.65. The molecule has 2 aromatic carbocycles. The number of nitrogens with one attached hydrogen (secondary N) is 1. The molecule has 140 valence electrons. The van der Waals surface area contributed by atoms with E-state index >= 15 is 0 Å². The smallest absolute Gasteiger partial charge is 0.338 e. The Kier molecular flexibility index (Phi) is 4.48. The predicted octanol–water partition coefficient (Wildman–Crippen LogP) is 4.45. The molecule has 7 heteroatoms. The van der Waals surface area contributed by atoms with Crippen LogP contribution >= 0.6 is 23.8 Å². The van der Waals surface area contributed by atoms with Gasteiger partial charge in [-0.2, -0.15) is 0 Å². The zero-order valence-corrected chi connectivity index (χ0v) is 16.6. The second-order valence-electron chi connectivity index (χ2n) is 6.75. The second kappa shape index (κ2) is 6.69. The lowest BCUT2D eigenvalue weighted by Gasteiger charge is -2.52. The van der Waals surface area contributed by atoms with Crippen molar-refractivity contribution < 1.29 is 14.3 Å². The van der Waals surface area contributed by atoms with Gasteiger partial charge in [0.1, 0.15) is 5.75 Å². The van der Waals surface area contributed by atoms with Gasteiger partial charge in [-0.05, 0) is 50.3 Å². The summed E-state index contributed by atoms with van der Waals surface area (Å²) in [6.45, 7) is 4.09. The lowest BCUT2D eigenvalue weighted by atomic mass is 9.90. The van der Waals surface area contributed by atoms with Crippen LogP contribution in [0.1, 0.15) is 42.2 Å². The van der Waals surface area contributed by atoms with Crippen molar-refractivity contribution in [2.45, 2.75) is 32.0 Å². The minimum Gasteiger partial charge on any atom is -0.466 e. The molecule has 2 aliphatic rings. The SMILES string of the molecule is CCOC(=O)c1cccc(N2C(=S)N[C@H]3C[C@@]2(C)Oc2c(Cl)cccc23)c1. The van der Waals surface area contributed by atoms with Crippen LogP contribution in [0.2, 0.25) is 5.02 Å². The van der Waals surface area contributed by atoms with Gasteiger partial charge in [0.05, 0.1) is 23.2 Å². The van der Waals surface area contributed by atoms with Gasteiger partial charge in [0.25, 0.3) is 0 Å². The maximum absolute atomic E-state index is 12.1. The van der Waals surface area contributed by atoms with E-state index in [9.17, 15) is 4.79 Å². The molecule has 5 nitrogen and oxygen atoms in total. The van der Waals surface area contributed by atoms with Crippen LogP contribution in [0.4, 0.5) is 5.69 Å². The number of benzene rings is 2. The fraction of sp³-hybridized carbons (Fsp3) is 0.300. The number of rotatable bonds is 3. The average molecular weight is 403 g/mol. The summed E-state index contributed by atoms with van der Waals surface area (Å²) in [6, 6.07) is 12.9. The third-order valence-electron chi connectivity index (χ3n) is 4.87. The molecule has 2 bridgehead atoms. The Bertz CT molecular complexity index is 935. The number of para-hydroxylation sites is 1. The molecule has 27 heavy (non-hydrogen) atoms. The van der Waals surface area contributed by atoms with Crippen LogP contribution in [0, 0.1) is 0 Å². The minimum atomic E-state index is -0.724. The molecular weight excluding hydrogens is 384 g/mol. The van der Waals surface area contributed by atoms with Crippen LogP contribution in [-0.2, 0) is 4.74 Å². The summed E-state index contributed by atoms with van der Waals surface area (Å²) >= 11 is 12.0. The van der Waals surface area contributed by atoms with E-state index in [1.807, 2.05) is 42.2 Å². The first-order valence-corrected chi connectivity index (χ1v) is 9.57. The van der Waals surface area contributed by atoms with Gasteiger partial charge >= 0.3 is 5.97 Å². The first-order valence-electron chi connectivity index (χ1n) is 8.78. The summed E-state index contributed by atoms with van der Waals surface area (Å²) in [4.78, 5) is 14.0. The number of hydrogen-bond donors (Lipinski definition) is 1. The molecule has 0 aliphatic carbocycles. The summed E-state index contributed by atoms with van der Waals surface area (Å²) in [7, 11) is 0. The highest BCUT2D eigenvalue weighted by molar-refractivity contribution is 7.80. The summed E-state index contributed by atoms with van der Waals surface area (Å²) in [5, 5.41) is 4.49. The number of nitrogens with zero attached hydrogens (tertiary/aromatic N) is 1. The van der Waals surface area contributed by atoms with E-state index in [2.05, 4.69) is 5.32 Å². The highest BCUT2D eigenvalue weighted by Crippen LogP contribution is 2.48. The molecule has 2 aliphatic heterocycles. The van der Waals surface area contributed by atoms with E-state index in [1.165, 1.54) is 0 Å². The lowest BCUT2D eigenvalue weighted by molar-refractivity contribution is 0.0491. The Morgan fingerprint density at radius 1 is 1.41 bits per heavy atom. The third-order valence-corrected chi connectivity index (χ3v) is 5.47. The van der Waals surface area contributed by atoms with E-state index in [-0.39, 0.29) is 12.0 Å². The van der Waals surface area contributed by atoms with Gasteiger partial charge in [-0.25, -0.2) is 4.79 Å². The summed E-state index contributed by atoms with van der Waals surface area (Å²) in [5.74, 6) is 0.302. The number of halogens is 1. The van der Waals surface area contributed by atoms with Gasteiger partial charge in [-0.15, -0.1) is 0 Å². The highest BCUT2D eigenvalue weighted by atomic mass is 35.5. The molecule has 0 aromatic heterocycles. The van der Waals surface area contributed by atoms with Gasteiger partial charge in [0.15, 0.2) is 10.8 Å². The molecule has 0 amide bonds. The Balaban J connectivity index is 1.75. The van der Waals surface area contributed by atoms with Crippen molar-refractivity contribution in [3.8, 4) is 5.75 Å². The van der Waals surface area contributed by atoms with Crippen molar-refractivity contribution in [2.24, 2.45) is 0 Å². The van der Waals surface area contributed by atoms with Crippen LogP contribution in [0.25, 0.3) is 0 Å². The summed E-state index contributed by atoms with van der Waals surface area (Å²) in [6.07, 6.45) is 0.685. The number of fused-ring (bicyclic) bond motifs is 4. The van der Waals surface area contributed by atoms with Gasteiger partial charge < -0.3 is 14.8 Å². The average Bonchev–Trinajstić information content (AvgIpc) is 2.62. The third kappa shape index (κ3) is 3.03. The normalized spacial score (nSPS) is 23.1. The van der Waals surface area contributed by atoms with E-state index in [4.69, 9.17) is 33.3 Å². The molecule has 1 fully saturated rings. The predicted molar refractivity (Wildman–Crippen MR) is 108 cm³/mol. The Hall–Kier alpha value is -2.31. The van der Waals surface area contributed by atoms with Crippen LogP contribution in [-0.4, -0.2) is 23.4 Å². The van der Waals surface area contributed by atoms with Gasteiger partial charge in [-0.3, -0.25) is 4.90 Å². The molecule has 0 radical (unpaired) electrons. The van der Waals surface area contributed by atoms with Crippen LogP contribution in [0.3, 0.4) is 0 Å². The standard InChI is InChI=1S/C20H19ClN2O3S/c1-3-25-18(24)12-6-4-7-13(10-12)23-19(27)22-16-11-20(23,2)26-17-14(16)8-5-9-15(17)21/h4-10,16H,3,11H2,1-2H3,(H,22,27)/t16-,20+/m0/s1. The largest absolute Gasteiger partial charge is 0.466 e. The molecule has 4 rings (SSSR count). The number of carbonyl (C=O) groups is 1. The fourth-order valence-corrected chi connectivity index (χ4v) is 4.39. The van der Waals surface area contributed by atoms with Crippen molar-refractivity contribution in [1.82, 2.24) is 5.32 Å². The van der Waals surface area contributed by atoms with Crippen LogP contribution in [0.5, 0.6) is 5.75 Å². The first kappa shape index (κ1) is 18.1. The molecule has 1 saturated heterocycles. The molecule has 0 spiro atoms. The number of carbonyl (C=O) groups excluding carboxylic acids is 1. The number of ether oxygens (including phenoxy) is 2. The van der Waals surface area contributed by atoms with Crippen LogP contribution < -0.4 is 15.0 Å². The minimum absolute atomic E-state index is 0.0226. The second-order valence-corrected chi connectivity index (χ2v) is 7.54.